The van der Waals surface area contributed by atoms with Gasteiger partial charge in [-0.25, -0.2) is 10.8 Å². The van der Waals surface area contributed by atoms with Crippen molar-refractivity contribution in [2.24, 2.45) is 5.84 Å². The van der Waals surface area contributed by atoms with Gasteiger partial charge < -0.3 is 10.0 Å². The van der Waals surface area contributed by atoms with E-state index in [-0.39, 0.29) is 18.3 Å². The predicted octanol–water partition coefficient (Wildman–Crippen LogP) is 0.598. The van der Waals surface area contributed by atoms with E-state index < -0.39 is 18.0 Å². The number of anilines is 2. The molecule has 0 fully saturated rings. The molecule has 18 heavy (non-hydrogen) atoms. The third kappa shape index (κ3) is 3.70. The Labute approximate surface area is 102 Å². The van der Waals surface area contributed by atoms with Crippen molar-refractivity contribution in [1.82, 2.24) is 9.97 Å². The van der Waals surface area contributed by atoms with Crippen LogP contribution in [0.3, 0.4) is 0 Å². The molecule has 0 amide bonds. The number of nitrogens with one attached hydrogen (secondary N) is 1. The van der Waals surface area contributed by atoms with Gasteiger partial charge in [-0.05, 0) is 6.92 Å². The fourth-order valence-corrected chi connectivity index (χ4v) is 1.33. The molecule has 0 bridgehead atoms. The molecule has 0 saturated heterocycles. The Bertz CT molecular complexity index is 410. The van der Waals surface area contributed by atoms with Crippen molar-refractivity contribution in [3.63, 3.8) is 0 Å². The van der Waals surface area contributed by atoms with Crippen LogP contribution in [0, 0.1) is 0 Å². The van der Waals surface area contributed by atoms with Gasteiger partial charge in [-0.2, -0.15) is 18.2 Å². The second-order valence-electron chi connectivity index (χ2n) is 3.81. The summed E-state index contributed by atoms with van der Waals surface area (Å²) in [6.45, 7) is 1.66. The standard InChI is InChI=1S/C9H14F3N5O/c1-5(18)4-17(2)7-3-6(9(10,11)12)14-8(15-7)16-13/h3,5,18H,4,13H2,1-2H3,(H,14,15,16). The Kier molecular flexibility index (Phi) is 4.30. The van der Waals surface area contributed by atoms with E-state index in [0.29, 0.717) is 0 Å². The molecule has 1 aromatic rings. The van der Waals surface area contributed by atoms with E-state index in [1.807, 2.05) is 5.43 Å². The summed E-state index contributed by atoms with van der Waals surface area (Å²) in [5.74, 6) is 4.71. The van der Waals surface area contributed by atoms with Crippen molar-refractivity contribution in [3.8, 4) is 0 Å². The highest BCUT2D eigenvalue weighted by atomic mass is 19.4. The van der Waals surface area contributed by atoms with E-state index in [1.54, 1.807) is 0 Å². The minimum Gasteiger partial charge on any atom is -0.392 e. The number of nitrogen functional groups attached to an aromatic ring is 1. The van der Waals surface area contributed by atoms with Crippen molar-refractivity contribution in [1.29, 1.82) is 0 Å². The molecule has 0 saturated carbocycles. The maximum absolute atomic E-state index is 12.6. The molecular weight excluding hydrogens is 251 g/mol. The highest BCUT2D eigenvalue weighted by Gasteiger charge is 2.34. The van der Waals surface area contributed by atoms with Gasteiger partial charge in [0.25, 0.3) is 0 Å². The first-order valence-electron chi connectivity index (χ1n) is 5.06. The molecular formula is C9H14F3N5O. The number of hydrogen-bond acceptors (Lipinski definition) is 6. The first-order chi connectivity index (χ1) is 8.24. The zero-order chi connectivity index (χ0) is 13.9. The van der Waals surface area contributed by atoms with Gasteiger partial charge in [0.15, 0.2) is 5.69 Å². The molecule has 4 N–H and O–H groups in total. The third-order valence-electron chi connectivity index (χ3n) is 2.06. The zero-order valence-corrected chi connectivity index (χ0v) is 9.86. The molecule has 9 heteroatoms. The Hall–Kier alpha value is -1.61. The fraction of sp³-hybridized carbons (Fsp3) is 0.556. The van der Waals surface area contributed by atoms with Crippen molar-refractivity contribution in [2.45, 2.75) is 19.2 Å². The monoisotopic (exact) mass is 265 g/mol. The lowest BCUT2D eigenvalue weighted by molar-refractivity contribution is -0.141. The normalized spacial score (nSPS) is 13.3. The molecule has 1 aromatic heterocycles. The average Bonchev–Trinajstić information content (AvgIpc) is 2.26. The predicted molar refractivity (Wildman–Crippen MR) is 59.8 cm³/mol. The van der Waals surface area contributed by atoms with Crippen LogP contribution in [0.4, 0.5) is 24.9 Å². The summed E-state index contributed by atoms with van der Waals surface area (Å²) in [4.78, 5) is 8.39. The van der Waals surface area contributed by atoms with Crippen LogP contribution in [-0.2, 0) is 6.18 Å². The Morgan fingerprint density at radius 3 is 2.56 bits per heavy atom. The second-order valence-corrected chi connectivity index (χ2v) is 3.81. The van der Waals surface area contributed by atoms with Crippen LogP contribution in [0.2, 0.25) is 0 Å². The smallest absolute Gasteiger partial charge is 0.392 e. The van der Waals surface area contributed by atoms with Crippen LogP contribution < -0.4 is 16.2 Å². The molecule has 0 aromatic carbocycles. The molecule has 1 unspecified atom stereocenters. The lowest BCUT2D eigenvalue weighted by atomic mass is 10.3. The van der Waals surface area contributed by atoms with Gasteiger partial charge in [0.1, 0.15) is 5.82 Å². The number of nitrogens with two attached hydrogens (primary N) is 1. The van der Waals surface area contributed by atoms with Gasteiger partial charge in [-0.15, -0.1) is 0 Å². The van der Waals surface area contributed by atoms with Gasteiger partial charge in [-0.3, -0.25) is 5.43 Å². The SMILES string of the molecule is CC(O)CN(C)c1cc(C(F)(F)F)nc(NN)n1. The van der Waals surface area contributed by atoms with Crippen molar-refractivity contribution < 1.29 is 18.3 Å². The highest BCUT2D eigenvalue weighted by molar-refractivity contribution is 5.44. The second kappa shape index (κ2) is 5.36. The molecule has 0 aliphatic carbocycles. The van der Waals surface area contributed by atoms with Crippen LogP contribution >= 0.6 is 0 Å². The van der Waals surface area contributed by atoms with Crippen LogP contribution in [0.25, 0.3) is 0 Å². The number of nitrogens with zero attached hydrogens (tertiary/aromatic N) is 3. The summed E-state index contributed by atoms with van der Waals surface area (Å²) in [5.41, 5.74) is 0.877. The van der Waals surface area contributed by atoms with Gasteiger partial charge in [-0.1, -0.05) is 0 Å². The highest BCUT2D eigenvalue weighted by Crippen LogP contribution is 2.30. The lowest BCUT2D eigenvalue weighted by Gasteiger charge is -2.21. The van der Waals surface area contributed by atoms with Crippen LogP contribution in [0.1, 0.15) is 12.6 Å². The van der Waals surface area contributed by atoms with Crippen LogP contribution in [-0.4, -0.2) is 34.8 Å². The van der Waals surface area contributed by atoms with Crippen molar-refractivity contribution >= 4 is 11.8 Å². The van der Waals surface area contributed by atoms with E-state index in [9.17, 15) is 18.3 Å². The summed E-state index contributed by atoms with van der Waals surface area (Å²) in [6, 6.07) is 0.795. The number of hydrazine groups is 1. The summed E-state index contributed by atoms with van der Waals surface area (Å²) in [6.07, 6.45) is -5.29. The molecule has 0 aliphatic rings. The maximum atomic E-state index is 12.6. The maximum Gasteiger partial charge on any atom is 0.433 e. The van der Waals surface area contributed by atoms with Crippen molar-refractivity contribution in [3.05, 3.63) is 11.8 Å². The van der Waals surface area contributed by atoms with Crippen LogP contribution in [0.15, 0.2) is 6.07 Å². The Balaban J connectivity index is 3.12. The molecule has 0 aliphatic heterocycles. The zero-order valence-electron chi connectivity index (χ0n) is 9.86. The fourth-order valence-electron chi connectivity index (χ4n) is 1.33. The summed E-state index contributed by atoms with van der Waals surface area (Å²) >= 11 is 0. The molecule has 1 atom stereocenters. The number of rotatable bonds is 4. The third-order valence-corrected chi connectivity index (χ3v) is 2.06. The van der Waals surface area contributed by atoms with Gasteiger partial charge in [0.05, 0.1) is 6.10 Å². The quantitative estimate of drug-likeness (QED) is 0.546. The molecule has 102 valence electrons. The number of hydrogen-bond donors (Lipinski definition) is 3. The van der Waals surface area contributed by atoms with E-state index in [1.165, 1.54) is 18.9 Å². The van der Waals surface area contributed by atoms with Crippen LogP contribution in [0.5, 0.6) is 0 Å². The summed E-state index contributed by atoms with van der Waals surface area (Å²) in [7, 11) is 1.51. The Morgan fingerprint density at radius 2 is 2.11 bits per heavy atom. The number of halogens is 3. The number of likely N-dealkylation sites (N-methyl/N-ethyl adjacent to an activating group) is 1. The van der Waals surface area contributed by atoms with E-state index in [4.69, 9.17) is 5.84 Å². The Morgan fingerprint density at radius 1 is 1.50 bits per heavy atom. The minimum atomic E-state index is -4.59. The molecule has 1 heterocycles. The summed E-state index contributed by atoms with van der Waals surface area (Å²) in [5, 5.41) is 9.19. The summed E-state index contributed by atoms with van der Waals surface area (Å²) < 4.78 is 37.8. The lowest BCUT2D eigenvalue weighted by Crippen LogP contribution is -2.28. The molecule has 0 radical (unpaired) electrons. The van der Waals surface area contributed by atoms with E-state index in [0.717, 1.165) is 6.07 Å². The first kappa shape index (κ1) is 14.5. The van der Waals surface area contributed by atoms with Gasteiger partial charge in [0.2, 0.25) is 5.95 Å². The minimum absolute atomic E-state index is 0.0196. The first-order valence-corrected chi connectivity index (χ1v) is 5.06. The number of aromatic nitrogens is 2. The largest absolute Gasteiger partial charge is 0.433 e. The molecule has 0 spiro atoms. The van der Waals surface area contributed by atoms with E-state index >= 15 is 0 Å². The van der Waals surface area contributed by atoms with Gasteiger partial charge in [0, 0.05) is 19.7 Å². The topological polar surface area (TPSA) is 87.3 Å². The molecule has 1 rings (SSSR count). The number of aliphatic hydroxyl groups excluding tert-OH is 1. The van der Waals surface area contributed by atoms with E-state index in [2.05, 4.69) is 9.97 Å². The number of aliphatic hydroxyl groups is 1. The van der Waals surface area contributed by atoms with Crippen molar-refractivity contribution in [2.75, 3.05) is 23.9 Å². The molecule has 6 nitrogen and oxygen atoms in total. The number of alkyl halides is 3. The van der Waals surface area contributed by atoms with Gasteiger partial charge >= 0.3 is 6.18 Å². The average molecular weight is 265 g/mol.